The molecule has 0 radical (unpaired) electrons. The van der Waals surface area contributed by atoms with Crippen molar-refractivity contribution in [1.29, 1.82) is 0 Å². The predicted octanol–water partition coefficient (Wildman–Crippen LogP) is 1.63. The largest absolute Gasteiger partial charge is 0.475 e. The Morgan fingerprint density at radius 2 is 2.15 bits per heavy atom. The molecule has 3 N–H and O–H groups in total. The lowest BCUT2D eigenvalue weighted by Crippen LogP contribution is -2.12. The maximum Gasteiger partial charge on any atom is 0.371 e. The minimum absolute atomic E-state index is 0.113. The third kappa shape index (κ3) is 2.82. The molecule has 0 fully saturated rings. The van der Waals surface area contributed by atoms with E-state index in [2.05, 4.69) is 14.9 Å². The van der Waals surface area contributed by atoms with Crippen molar-refractivity contribution in [3.05, 3.63) is 29.7 Å². The summed E-state index contributed by atoms with van der Waals surface area (Å²) in [6.07, 6.45) is 0. The molecule has 0 spiro atoms. The molecule has 0 amide bonds. The second-order valence-electron chi connectivity index (χ2n) is 4.39. The number of aromatic carboxylic acids is 1. The highest BCUT2D eigenvalue weighted by Crippen LogP contribution is 2.20. The van der Waals surface area contributed by atoms with Crippen LogP contribution in [0.2, 0.25) is 0 Å². The number of hydrogen-bond donors (Lipinski definition) is 3. The number of aromatic amines is 1. The summed E-state index contributed by atoms with van der Waals surface area (Å²) in [6.45, 7) is 3.86. The fourth-order valence-corrected chi connectivity index (χ4v) is 2.38. The zero-order chi connectivity index (χ0) is 14.9. The summed E-state index contributed by atoms with van der Waals surface area (Å²) < 4.78 is 30.9. The van der Waals surface area contributed by atoms with E-state index in [-0.39, 0.29) is 11.7 Å². The van der Waals surface area contributed by atoms with Crippen LogP contribution < -0.4 is 4.72 Å². The van der Waals surface area contributed by atoms with E-state index in [1.807, 2.05) is 13.8 Å². The molecule has 0 saturated carbocycles. The van der Waals surface area contributed by atoms with Crippen molar-refractivity contribution in [3.8, 4) is 0 Å². The molecule has 9 heteroatoms. The number of carboxylic acid groups (broad SMARTS) is 1. The topological polar surface area (TPSA) is 125 Å². The second kappa shape index (κ2) is 5.00. The van der Waals surface area contributed by atoms with E-state index >= 15 is 0 Å². The van der Waals surface area contributed by atoms with Crippen LogP contribution in [-0.4, -0.2) is 29.7 Å². The van der Waals surface area contributed by atoms with Crippen molar-refractivity contribution in [2.75, 3.05) is 4.72 Å². The van der Waals surface area contributed by atoms with Crippen LogP contribution in [0.4, 0.5) is 5.82 Å². The molecule has 0 atom stereocenters. The lowest BCUT2D eigenvalue weighted by Gasteiger charge is -2.01. The van der Waals surface area contributed by atoms with E-state index in [9.17, 15) is 13.2 Å². The van der Waals surface area contributed by atoms with E-state index in [0.29, 0.717) is 0 Å². The lowest BCUT2D eigenvalue weighted by atomic mass is 10.1. The Morgan fingerprint density at radius 3 is 2.65 bits per heavy atom. The number of rotatable bonds is 5. The van der Waals surface area contributed by atoms with E-state index in [4.69, 9.17) is 9.52 Å². The summed E-state index contributed by atoms with van der Waals surface area (Å²) in [4.78, 5) is 10.7. The van der Waals surface area contributed by atoms with E-state index < -0.39 is 26.8 Å². The number of anilines is 1. The Morgan fingerprint density at radius 1 is 1.45 bits per heavy atom. The van der Waals surface area contributed by atoms with Gasteiger partial charge in [0.15, 0.2) is 5.82 Å². The number of furan rings is 1. The van der Waals surface area contributed by atoms with Gasteiger partial charge < -0.3 is 9.52 Å². The summed E-state index contributed by atoms with van der Waals surface area (Å²) in [5.74, 6) is -1.51. The molecule has 2 heterocycles. The van der Waals surface area contributed by atoms with E-state index in [1.165, 1.54) is 0 Å². The minimum Gasteiger partial charge on any atom is -0.475 e. The first kappa shape index (κ1) is 14.1. The summed E-state index contributed by atoms with van der Waals surface area (Å²) in [6, 6.07) is 3.70. The molecule has 0 aliphatic rings. The highest BCUT2D eigenvalue weighted by Gasteiger charge is 2.22. The normalized spacial score (nSPS) is 11.8. The molecule has 20 heavy (non-hydrogen) atoms. The minimum atomic E-state index is -4.00. The summed E-state index contributed by atoms with van der Waals surface area (Å²) in [5.41, 5.74) is 0.772. The first-order valence-corrected chi connectivity index (χ1v) is 7.19. The molecule has 0 bridgehead atoms. The molecular formula is C11H13N3O5S. The SMILES string of the molecule is CC(C)c1cc(NS(=O)(=O)c2ccc(C(=O)O)o2)n[nH]1. The van der Waals surface area contributed by atoms with Crippen LogP contribution in [0.5, 0.6) is 0 Å². The first-order valence-electron chi connectivity index (χ1n) is 5.71. The van der Waals surface area contributed by atoms with Gasteiger partial charge in [-0.05, 0) is 18.1 Å². The molecule has 2 aromatic heterocycles. The lowest BCUT2D eigenvalue weighted by molar-refractivity contribution is 0.0656. The van der Waals surface area contributed by atoms with Gasteiger partial charge in [0.2, 0.25) is 10.9 Å². The fourth-order valence-electron chi connectivity index (χ4n) is 1.45. The van der Waals surface area contributed by atoms with Crippen molar-refractivity contribution < 1.29 is 22.7 Å². The monoisotopic (exact) mass is 299 g/mol. The van der Waals surface area contributed by atoms with Gasteiger partial charge in [-0.3, -0.25) is 9.82 Å². The number of carbonyl (C=O) groups is 1. The number of sulfonamides is 1. The Balaban J connectivity index is 2.23. The predicted molar refractivity (Wildman–Crippen MR) is 69.2 cm³/mol. The summed E-state index contributed by atoms with van der Waals surface area (Å²) in [5, 5.41) is 14.7. The number of H-pyrrole nitrogens is 1. The molecule has 0 aromatic carbocycles. The maximum atomic E-state index is 12.0. The van der Waals surface area contributed by atoms with Gasteiger partial charge in [0.25, 0.3) is 10.0 Å². The molecule has 108 valence electrons. The van der Waals surface area contributed by atoms with Crippen LogP contribution in [0.1, 0.15) is 36.0 Å². The van der Waals surface area contributed by atoms with Crippen LogP contribution in [0.15, 0.2) is 27.7 Å². The highest BCUT2D eigenvalue weighted by atomic mass is 32.2. The van der Waals surface area contributed by atoms with Crippen molar-refractivity contribution in [3.63, 3.8) is 0 Å². The van der Waals surface area contributed by atoms with Gasteiger partial charge in [0.05, 0.1) is 0 Å². The van der Waals surface area contributed by atoms with Gasteiger partial charge >= 0.3 is 5.97 Å². The summed E-state index contributed by atoms with van der Waals surface area (Å²) in [7, 11) is -4.00. The van der Waals surface area contributed by atoms with Gasteiger partial charge in [-0.15, -0.1) is 0 Å². The van der Waals surface area contributed by atoms with Gasteiger partial charge in [0, 0.05) is 11.8 Å². The standard InChI is InChI=1S/C11H13N3O5S/c1-6(2)7-5-9(13-12-7)14-20(17,18)10-4-3-8(19-10)11(15)16/h3-6H,1-2H3,(H,15,16)(H2,12,13,14). The molecule has 2 aromatic rings. The Labute approximate surface area is 114 Å². The van der Waals surface area contributed by atoms with Gasteiger partial charge in [-0.1, -0.05) is 13.8 Å². The smallest absolute Gasteiger partial charge is 0.371 e. The van der Waals surface area contributed by atoms with Crippen LogP contribution in [0.25, 0.3) is 0 Å². The van der Waals surface area contributed by atoms with Crippen LogP contribution in [0.3, 0.4) is 0 Å². The molecule has 0 saturated heterocycles. The molecule has 0 aliphatic carbocycles. The molecule has 2 rings (SSSR count). The van der Waals surface area contributed by atoms with Gasteiger partial charge in [0.1, 0.15) is 0 Å². The Kier molecular flexibility index (Phi) is 3.53. The van der Waals surface area contributed by atoms with E-state index in [0.717, 1.165) is 17.8 Å². The molecular weight excluding hydrogens is 286 g/mol. The number of hydrogen-bond acceptors (Lipinski definition) is 5. The number of nitrogens with zero attached hydrogens (tertiary/aromatic N) is 1. The van der Waals surface area contributed by atoms with Crippen LogP contribution in [-0.2, 0) is 10.0 Å². The van der Waals surface area contributed by atoms with E-state index in [1.54, 1.807) is 6.07 Å². The van der Waals surface area contributed by atoms with Crippen molar-refractivity contribution in [2.45, 2.75) is 24.9 Å². The average Bonchev–Trinajstić information content (AvgIpc) is 2.95. The third-order valence-corrected chi connectivity index (χ3v) is 3.74. The van der Waals surface area contributed by atoms with Crippen LogP contribution in [0, 0.1) is 0 Å². The van der Waals surface area contributed by atoms with Crippen LogP contribution >= 0.6 is 0 Å². The number of carboxylic acids is 1. The zero-order valence-corrected chi connectivity index (χ0v) is 11.6. The Bertz CT molecular complexity index is 729. The Hall–Kier alpha value is -2.29. The summed E-state index contributed by atoms with van der Waals surface area (Å²) >= 11 is 0. The molecule has 8 nitrogen and oxygen atoms in total. The molecule has 0 aliphatic heterocycles. The maximum absolute atomic E-state index is 12.0. The second-order valence-corrected chi connectivity index (χ2v) is 6.01. The quantitative estimate of drug-likeness (QED) is 0.770. The van der Waals surface area contributed by atoms with Gasteiger partial charge in [-0.2, -0.15) is 13.5 Å². The average molecular weight is 299 g/mol. The first-order chi connectivity index (χ1) is 9.29. The number of aromatic nitrogens is 2. The number of nitrogens with one attached hydrogen (secondary N) is 2. The fraction of sp³-hybridized carbons (Fsp3) is 0.273. The van der Waals surface area contributed by atoms with Crippen molar-refractivity contribution in [1.82, 2.24) is 10.2 Å². The van der Waals surface area contributed by atoms with Crippen molar-refractivity contribution in [2.24, 2.45) is 0 Å². The highest BCUT2D eigenvalue weighted by molar-refractivity contribution is 7.92. The van der Waals surface area contributed by atoms with Gasteiger partial charge in [-0.25, -0.2) is 4.79 Å². The van der Waals surface area contributed by atoms with Crippen molar-refractivity contribution >= 4 is 21.8 Å². The third-order valence-electron chi connectivity index (χ3n) is 2.52. The molecule has 0 unspecified atom stereocenters. The zero-order valence-electron chi connectivity index (χ0n) is 10.7.